The molecule has 0 unspecified atom stereocenters. The van der Waals surface area contributed by atoms with Crippen LogP contribution in [0.5, 0.6) is 0 Å². The summed E-state index contributed by atoms with van der Waals surface area (Å²) in [4.78, 5) is 30.2. The molecule has 0 fully saturated rings. The average Bonchev–Trinajstić information content (AvgIpc) is 2.73. The Labute approximate surface area is 177 Å². The third kappa shape index (κ3) is 4.36. The molecule has 3 aromatic rings. The van der Waals surface area contributed by atoms with Gasteiger partial charge < -0.3 is 5.32 Å². The molecule has 30 heavy (non-hydrogen) atoms. The van der Waals surface area contributed by atoms with E-state index in [4.69, 9.17) is 0 Å². The Morgan fingerprint density at radius 3 is 2.57 bits per heavy atom. The Morgan fingerprint density at radius 1 is 1.27 bits per heavy atom. The predicted octanol–water partition coefficient (Wildman–Crippen LogP) is 3.67. The monoisotopic (exact) mass is 424 g/mol. The molecule has 6 nitrogen and oxygen atoms in total. The number of hydrogen-bond acceptors (Lipinski definition) is 5. The zero-order valence-electron chi connectivity index (χ0n) is 16.8. The van der Waals surface area contributed by atoms with Crippen molar-refractivity contribution in [1.82, 2.24) is 14.9 Å². The van der Waals surface area contributed by atoms with Crippen molar-refractivity contribution in [3.8, 4) is 11.8 Å². The van der Waals surface area contributed by atoms with Crippen LogP contribution in [-0.2, 0) is 4.79 Å². The molecular formula is C22H21FN4O2S. The van der Waals surface area contributed by atoms with Crippen LogP contribution in [0.2, 0.25) is 0 Å². The molecule has 1 N–H and O–H groups in total. The number of amides is 1. The molecule has 0 aliphatic heterocycles. The van der Waals surface area contributed by atoms with Crippen molar-refractivity contribution in [2.75, 3.05) is 5.75 Å². The molecule has 1 aromatic heterocycles. The van der Waals surface area contributed by atoms with Gasteiger partial charge in [-0.15, -0.1) is 0 Å². The van der Waals surface area contributed by atoms with Crippen LogP contribution in [0.25, 0.3) is 16.6 Å². The molecule has 0 aliphatic rings. The normalized spacial score (nSPS) is 13.1. The number of benzene rings is 2. The number of hydrogen-bond donors (Lipinski definition) is 1. The molecule has 154 valence electrons. The minimum atomic E-state index is -0.995. The highest BCUT2D eigenvalue weighted by atomic mass is 32.2. The number of aromatic nitrogens is 2. The van der Waals surface area contributed by atoms with Crippen LogP contribution in [0.15, 0.2) is 58.5 Å². The number of nitrogens with zero attached hydrogens (tertiary/aromatic N) is 3. The Morgan fingerprint density at radius 2 is 1.93 bits per heavy atom. The molecule has 3 rings (SSSR count). The smallest absolute Gasteiger partial charge is 0.266 e. The summed E-state index contributed by atoms with van der Waals surface area (Å²) in [5.74, 6) is -0.868. The fourth-order valence-corrected chi connectivity index (χ4v) is 3.60. The molecule has 0 radical (unpaired) electrons. The molecule has 0 saturated carbocycles. The largest absolute Gasteiger partial charge is 0.337 e. The first-order chi connectivity index (χ1) is 14.2. The lowest BCUT2D eigenvalue weighted by molar-refractivity contribution is -0.120. The second-order valence-corrected chi connectivity index (χ2v) is 8.28. The van der Waals surface area contributed by atoms with E-state index in [1.807, 2.05) is 13.8 Å². The van der Waals surface area contributed by atoms with Crippen LogP contribution in [-0.4, -0.2) is 26.8 Å². The summed E-state index contributed by atoms with van der Waals surface area (Å²) in [6.07, 6.45) is 0. The second-order valence-electron chi connectivity index (χ2n) is 7.33. The lowest BCUT2D eigenvalue weighted by Crippen LogP contribution is -2.49. The minimum Gasteiger partial charge on any atom is -0.337 e. The van der Waals surface area contributed by atoms with E-state index in [9.17, 15) is 19.2 Å². The maximum absolute atomic E-state index is 13.4. The zero-order valence-corrected chi connectivity index (χ0v) is 17.7. The fourth-order valence-electron chi connectivity index (χ4n) is 2.78. The topological polar surface area (TPSA) is 87.8 Å². The Balaban J connectivity index is 1.98. The maximum atomic E-state index is 13.4. The van der Waals surface area contributed by atoms with E-state index in [0.717, 1.165) is 11.8 Å². The molecule has 1 heterocycles. The molecule has 0 saturated heterocycles. The SMILES string of the molecule is CC(C)[C@](C)(C#N)NC(=O)CSc1nc2ccccc2c(=O)n1-c1ccc(F)cc1. The van der Waals surface area contributed by atoms with E-state index in [2.05, 4.69) is 16.4 Å². The van der Waals surface area contributed by atoms with Crippen molar-refractivity contribution in [2.24, 2.45) is 5.92 Å². The average molecular weight is 425 g/mol. The summed E-state index contributed by atoms with van der Waals surface area (Å²) < 4.78 is 14.7. The van der Waals surface area contributed by atoms with Gasteiger partial charge in [-0.3, -0.25) is 14.2 Å². The van der Waals surface area contributed by atoms with Gasteiger partial charge in [0.15, 0.2) is 5.16 Å². The first-order valence-electron chi connectivity index (χ1n) is 9.38. The van der Waals surface area contributed by atoms with Gasteiger partial charge in [0.2, 0.25) is 5.91 Å². The van der Waals surface area contributed by atoms with Gasteiger partial charge in [-0.1, -0.05) is 37.7 Å². The lowest BCUT2D eigenvalue weighted by atomic mass is 9.90. The Kier molecular flexibility index (Phi) is 6.22. The maximum Gasteiger partial charge on any atom is 0.266 e. The van der Waals surface area contributed by atoms with Gasteiger partial charge in [-0.2, -0.15) is 5.26 Å². The van der Waals surface area contributed by atoms with Crippen LogP contribution in [0, 0.1) is 23.1 Å². The van der Waals surface area contributed by atoms with E-state index in [-0.39, 0.29) is 23.1 Å². The summed E-state index contributed by atoms with van der Waals surface area (Å²) in [6.45, 7) is 5.38. The molecule has 8 heteroatoms. The Bertz CT molecular complexity index is 1180. The van der Waals surface area contributed by atoms with Crippen LogP contribution >= 0.6 is 11.8 Å². The molecule has 2 aromatic carbocycles. The van der Waals surface area contributed by atoms with Crippen LogP contribution in [0.1, 0.15) is 20.8 Å². The highest BCUT2D eigenvalue weighted by Crippen LogP contribution is 2.22. The van der Waals surface area contributed by atoms with E-state index in [1.165, 1.54) is 28.8 Å². The van der Waals surface area contributed by atoms with Crippen molar-refractivity contribution in [1.29, 1.82) is 5.26 Å². The number of rotatable bonds is 6. The lowest BCUT2D eigenvalue weighted by Gasteiger charge is -2.27. The van der Waals surface area contributed by atoms with Crippen LogP contribution < -0.4 is 10.9 Å². The fraction of sp³-hybridized carbons (Fsp3) is 0.273. The molecule has 0 aliphatic carbocycles. The number of nitrogens with one attached hydrogen (secondary N) is 1. The summed E-state index contributed by atoms with van der Waals surface area (Å²) >= 11 is 1.08. The van der Waals surface area contributed by atoms with Crippen molar-refractivity contribution in [2.45, 2.75) is 31.5 Å². The third-order valence-corrected chi connectivity index (χ3v) is 5.89. The van der Waals surface area contributed by atoms with Gasteiger partial charge in [-0.25, -0.2) is 9.37 Å². The van der Waals surface area contributed by atoms with Gasteiger partial charge in [-0.05, 0) is 49.2 Å². The number of para-hydroxylation sites is 1. The standard InChI is InChI=1S/C22H21FN4O2S/c1-14(2)22(3,13-24)26-19(28)12-30-21-25-18-7-5-4-6-17(18)20(29)27(21)16-10-8-15(23)9-11-16/h4-11,14H,12H2,1-3H3,(H,26,28)/t22-/m0/s1. The molecule has 0 bridgehead atoms. The van der Waals surface area contributed by atoms with E-state index in [0.29, 0.717) is 21.7 Å². The van der Waals surface area contributed by atoms with Crippen LogP contribution in [0.3, 0.4) is 0 Å². The second kappa shape index (κ2) is 8.67. The van der Waals surface area contributed by atoms with Crippen molar-refractivity contribution >= 4 is 28.6 Å². The van der Waals surface area contributed by atoms with E-state index >= 15 is 0 Å². The van der Waals surface area contributed by atoms with Crippen molar-refractivity contribution in [3.05, 3.63) is 64.7 Å². The van der Waals surface area contributed by atoms with E-state index < -0.39 is 11.4 Å². The van der Waals surface area contributed by atoms with Gasteiger partial charge in [0.25, 0.3) is 5.56 Å². The molecule has 1 amide bonds. The first-order valence-corrected chi connectivity index (χ1v) is 10.4. The third-order valence-electron chi connectivity index (χ3n) is 4.95. The highest BCUT2D eigenvalue weighted by molar-refractivity contribution is 7.99. The number of carbonyl (C=O) groups excluding carboxylic acids is 1. The summed E-state index contributed by atoms with van der Waals surface area (Å²) in [7, 11) is 0. The molecule has 1 atom stereocenters. The first kappa shape index (κ1) is 21.5. The van der Waals surface area contributed by atoms with Gasteiger partial charge in [0.05, 0.1) is 28.4 Å². The van der Waals surface area contributed by atoms with Gasteiger partial charge in [0.1, 0.15) is 11.4 Å². The van der Waals surface area contributed by atoms with E-state index in [1.54, 1.807) is 31.2 Å². The van der Waals surface area contributed by atoms with Gasteiger partial charge in [0, 0.05) is 0 Å². The minimum absolute atomic E-state index is 0.0318. The molecule has 0 spiro atoms. The Hall–Kier alpha value is -3.18. The molecular weight excluding hydrogens is 403 g/mol. The number of thioether (sulfide) groups is 1. The van der Waals surface area contributed by atoms with Crippen LogP contribution in [0.4, 0.5) is 4.39 Å². The zero-order chi connectivity index (χ0) is 21.9. The predicted molar refractivity (Wildman–Crippen MR) is 115 cm³/mol. The summed E-state index contributed by atoms with van der Waals surface area (Å²) in [5.41, 5.74) is -0.343. The summed E-state index contributed by atoms with van der Waals surface area (Å²) in [5, 5.41) is 12.9. The van der Waals surface area contributed by atoms with Crippen molar-refractivity contribution < 1.29 is 9.18 Å². The number of halogens is 1. The summed E-state index contributed by atoms with van der Waals surface area (Å²) in [6, 6.07) is 14.6. The van der Waals surface area contributed by atoms with Crippen molar-refractivity contribution in [3.63, 3.8) is 0 Å². The van der Waals surface area contributed by atoms with Gasteiger partial charge >= 0.3 is 0 Å². The number of nitriles is 1. The number of fused-ring (bicyclic) bond motifs is 1. The number of carbonyl (C=O) groups is 1. The highest BCUT2D eigenvalue weighted by Gasteiger charge is 2.30. The quantitative estimate of drug-likeness (QED) is 0.482.